The van der Waals surface area contributed by atoms with Gasteiger partial charge in [0.2, 0.25) is 0 Å². The zero-order valence-corrected chi connectivity index (χ0v) is 17.2. The number of aliphatic hydroxyl groups excluding tert-OH is 1. The second kappa shape index (κ2) is 9.84. The average Bonchev–Trinajstić information content (AvgIpc) is 2.93. The molecule has 26 heavy (non-hydrogen) atoms. The molecular formula is C22H36O4. The predicted octanol–water partition coefficient (Wildman–Crippen LogP) is 4.60. The molecule has 1 saturated heterocycles. The number of hydrogen-bond acceptors (Lipinski definition) is 4. The quantitative estimate of drug-likeness (QED) is 0.700. The van der Waals surface area contributed by atoms with Gasteiger partial charge < -0.3 is 19.3 Å². The van der Waals surface area contributed by atoms with Gasteiger partial charge in [-0.05, 0) is 63.9 Å². The second-order valence-corrected chi connectivity index (χ2v) is 8.01. The first-order valence-corrected chi connectivity index (χ1v) is 9.77. The van der Waals surface area contributed by atoms with Gasteiger partial charge in [-0.1, -0.05) is 36.3 Å². The number of aliphatic hydroxyl groups is 1. The Balaban J connectivity index is 2.35. The SMILES string of the molecule is CO[C@H]1O[C@H](OC)[C@@H]2/C1=C\C/C=C(\C)C[C@@H](O)[C@H]2[C@H](C)CCC=C(C)C. The van der Waals surface area contributed by atoms with Crippen LogP contribution < -0.4 is 0 Å². The van der Waals surface area contributed by atoms with Gasteiger partial charge in [0.25, 0.3) is 0 Å². The normalized spacial score (nSPS) is 37.3. The van der Waals surface area contributed by atoms with Gasteiger partial charge in [0.1, 0.15) is 0 Å². The highest BCUT2D eigenvalue weighted by atomic mass is 16.8. The molecule has 1 fully saturated rings. The monoisotopic (exact) mass is 364 g/mol. The second-order valence-electron chi connectivity index (χ2n) is 8.01. The fourth-order valence-corrected chi connectivity index (χ4v) is 4.37. The molecule has 0 aromatic carbocycles. The Morgan fingerprint density at radius 2 is 2.04 bits per heavy atom. The Morgan fingerprint density at radius 1 is 1.31 bits per heavy atom. The van der Waals surface area contributed by atoms with Crippen molar-refractivity contribution in [1.29, 1.82) is 0 Å². The highest BCUT2D eigenvalue weighted by Gasteiger charge is 2.48. The van der Waals surface area contributed by atoms with E-state index >= 15 is 0 Å². The van der Waals surface area contributed by atoms with E-state index in [9.17, 15) is 5.11 Å². The average molecular weight is 365 g/mol. The lowest BCUT2D eigenvalue weighted by Gasteiger charge is -2.35. The minimum atomic E-state index is -0.420. The molecule has 1 heterocycles. The molecule has 4 nitrogen and oxygen atoms in total. The van der Waals surface area contributed by atoms with Crippen molar-refractivity contribution in [1.82, 2.24) is 0 Å². The summed E-state index contributed by atoms with van der Waals surface area (Å²) >= 11 is 0. The van der Waals surface area contributed by atoms with Crippen molar-refractivity contribution in [3.8, 4) is 0 Å². The molecule has 2 aliphatic rings. The lowest BCUT2D eigenvalue weighted by Crippen LogP contribution is -2.38. The van der Waals surface area contributed by atoms with Crippen LogP contribution >= 0.6 is 0 Å². The van der Waals surface area contributed by atoms with Gasteiger partial charge in [-0.3, -0.25) is 0 Å². The van der Waals surface area contributed by atoms with Crippen LogP contribution in [0, 0.1) is 17.8 Å². The van der Waals surface area contributed by atoms with Crippen LogP contribution in [0.25, 0.3) is 0 Å². The van der Waals surface area contributed by atoms with Gasteiger partial charge in [0.05, 0.1) is 6.10 Å². The number of ether oxygens (including phenoxy) is 3. The molecule has 1 aliphatic heterocycles. The summed E-state index contributed by atoms with van der Waals surface area (Å²) in [6.45, 7) is 8.60. The summed E-state index contributed by atoms with van der Waals surface area (Å²) in [6, 6.07) is 0. The van der Waals surface area contributed by atoms with Crippen molar-refractivity contribution < 1.29 is 19.3 Å². The van der Waals surface area contributed by atoms with E-state index in [1.165, 1.54) is 11.1 Å². The topological polar surface area (TPSA) is 47.9 Å². The third kappa shape index (κ3) is 5.07. The van der Waals surface area contributed by atoms with Crippen LogP contribution in [0.15, 0.2) is 34.9 Å². The molecule has 0 radical (unpaired) electrons. The maximum Gasteiger partial charge on any atom is 0.183 e. The van der Waals surface area contributed by atoms with Gasteiger partial charge in [0, 0.05) is 20.1 Å². The van der Waals surface area contributed by atoms with Crippen molar-refractivity contribution in [2.45, 2.75) is 72.1 Å². The Morgan fingerprint density at radius 3 is 2.65 bits per heavy atom. The number of fused-ring (bicyclic) bond motifs is 1. The summed E-state index contributed by atoms with van der Waals surface area (Å²) in [5.41, 5.74) is 3.69. The maximum absolute atomic E-state index is 11.1. The highest BCUT2D eigenvalue weighted by Crippen LogP contribution is 2.45. The maximum atomic E-state index is 11.1. The van der Waals surface area contributed by atoms with E-state index in [1.54, 1.807) is 14.2 Å². The molecule has 0 aromatic heterocycles. The smallest absolute Gasteiger partial charge is 0.183 e. The van der Waals surface area contributed by atoms with E-state index in [2.05, 4.69) is 45.9 Å². The first-order valence-electron chi connectivity index (χ1n) is 9.77. The van der Waals surface area contributed by atoms with Gasteiger partial charge in [-0.2, -0.15) is 0 Å². The molecule has 0 aromatic rings. The number of methoxy groups -OCH3 is 2. The van der Waals surface area contributed by atoms with E-state index in [4.69, 9.17) is 14.2 Å². The number of rotatable bonds is 6. The van der Waals surface area contributed by atoms with Gasteiger partial charge in [-0.15, -0.1) is 0 Å². The third-order valence-electron chi connectivity index (χ3n) is 5.70. The molecule has 0 saturated carbocycles. The van der Waals surface area contributed by atoms with E-state index in [0.717, 1.165) is 24.8 Å². The largest absolute Gasteiger partial charge is 0.392 e. The van der Waals surface area contributed by atoms with Crippen LogP contribution in [-0.4, -0.2) is 38.0 Å². The van der Waals surface area contributed by atoms with Crippen molar-refractivity contribution >= 4 is 0 Å². The van der Waals surface area contributed by atoms with Crippen molar-refractivity contribution in [2.24, 2.45) is 17.8 Å². The molecule has 2 rings (SSSR count). The Labute approximate surface area is 158 Å². The summed E-state index contributed by atoms with van der Waals surface area (Å²) in [5.74, 6) is 0.427. The van der Waals surface area contributed by atoms with E-state index in [-0.39, 0.29) is 18.1 Å². The molecule has 1 aliphatic carbocycles. The van der Waals surface area contributed by atoms with Crippen LogP contribution in [0.2, 0.25) is 0 Å². The zero-order valence-electron chi connectivity index (χ0n) is 17.2. The van der Waals surface area contributed by atoms with Crippen LogP contribution in [-0.2, 0) is 14.2 Å². The Kier molecular flexibility index (Phi) is 8.08. The molecule has 0 unspecified atom stereocenters. The molecule has 0 spiro atoms. The molecule has 0 bridgehead atoms. The van der Waals surface area contributed by atoms with E-state index < -0.39 is 12.4 Å². The number of allylic oxidation sites excluding steroid dienone is 4. The van der Waals surface area contributed by atoms with Gasteiger partial charge in [0.15, 0.2) is 12.6 Å². The first kappa shape index (κ1) is 21.4. The van der Waals surface area contributed by atoms with Crippen molar-refractivity contribution in [2.75, 3.05) is 14.2 Å². The summed E-state index contributed by atoms with van der Waals surface area (Å²) in [7, 11) is 3.34. The van der Waals surface area contributed by atoms with Gasteiger partial charge >= 0.3 is 0 Å². The summed E-state index contributed by atoms with van der Waals surface area (Å²) in [4.78, 5) is 0. The molecular weight excluding hydrogens is 328 g/mol. The lowest BCUT2D eigenvalue weighted by molar-refractivity contribution is -0.197. The van der Waals surface area contributed by atoms with Crippen LogP contribution in [0.5, 0.6) is 0 Å². The molecule has 0 amide bonds. The summed E-state index contributed by atoms with van der Waals surface area (Å²) < 4.78 is 17.2. The predicted molar refractivity (Wildman–Crippen MR) is 105 cm³/mol. The van der Waals surface area contributed by atoms with Crippen LogP contribution in [0.4, 0.5) is 0 Å². The minimum Gasteiger partial charge on any atom is -0.392 e. The molecule has 6 atom stereocenters. The Bertz CT molecular complexity index is 544. The lowest BCUT2D eigenvalue weighted by atomic mass is 9.72. The summed E-state index contributed by atoms with van der Waals surface area (Å²) in [6.07, 6.45) is 9.07. The minimum absolute atomic E-state index is 0.0148. The van der Waals surface area contributed by atoms with Crippen LogP contribution in [0.3, 0.4) is 0 Å². The first-order chi connectivity index (χ1) is 12.4. The fraction of sp³-hybridized carbons (Fsp3) is 0.727. The summed E-state index contributed by atoms with van der Waals surface area (Å²) in [5, 5.41) is 11.1. The zero-order chi connectivity index (χ0) is 19.3. The molecule has 1 N–H and O–H groups in total. The van der Waals surface area contributed by atoms with E-state index in [0.29, 0.717) is 12.3 Å². The van der Waals surface area contributed by atoms with Crippen molar-refractivity contribution in [3.63, 3.8) is 0 Å². The number of hydrogen-bond donors (Lipinski definition) is 1. The third-order valence-corrected chi connectivity index (χ3v) is 5.70. The standard InChI is InChI=1S/C22H36O4/c1-14(2)9-7-11-16(4)19-18(23)13-15(3)10-8-12-17-20(19)22(25-6)26-21(17)24-5/h9-10,12,16,18-23H,7-8,11,13H2,1-6H3/b15-10+,17-12+/t16-,18-,19-,20-,21+,22+/m1/s1. The molecule has 4 heteroatoms. The fourth-order valence-electron chi connectivity index (χ4n) is 4.37. The van der Waals surface area contributed by atoms with E-state index in [1.807, 2.05) is 0 Å². The van der Waals surface area contributed by atoms with Crippen LogP contribution in [0.1, 0.15) is 53.4 Å². The molecule has 148 valence electrons. The van der Waals surface area contributed by atoms with Gasteiger partial charge in [-0.25, -0.2) is 0 Å². The Hall–Kier alpha value is -0.940. The van der Waals surface area contributed by atoms with Crippen molar-refractivity contribution in [3.05, 3.63) is 34.9 Å². The highest BCUT2D eigenvalue weighted by molar-refractivity contribution is 5.21.